The first-order valence-corrected chi connectivity index (χ1v) is 10.3. The number of piperidine rings is 1. The van der Waals surface area contributed by atoms with Crippen molar-refractivity contribution in [3.8, 4) is 16.4 Å². The van der Waals surface area contributed by atoms with Crippen LogP contribution in [0, 0.1) is 5.92 Å². The van der Waals surface area contributed by atoms with Gasteiger partial charge >= 0.3 is 0 Å². The minimum Gasteiger partial charge on any atom is -0.487 e. The van der Waals surface area contributed by atoms with Gasteiger partial charge < -0.3 is 19.9 Å². The highest BCUT2D eigenvalue weighted by Gasteiger charge is 2.20. The summed E-state index contributed by atoms with van der Waals surface area (Å²) < 4.78 is 11.9. The van der Waals surface area contributed by atoms with Crippen LogP contribution in [0.15, 0.2) is 47.0 Å². The van der Waals surface area contributed by atoms with Gasteiger partial charge in [-0.25, -0.2) is 0 Å². The first kappa shape index (κ1) is 19.0. The van der Waals surface area contributed by atoms with Gasteiger partial charge in [-0.15, -0.1) is 11.3 Å². The van der Waals surface area contributed by atoms with E-state index in [4.69, 9.17) is 20.9 Å². The van der Waals surface area contributed by atoms with Crippen molar-refractivity contribution >= 4 is 34.5 Å². The van der Waals surface area contributed by atoms with Crippen LogP contribution in [0.5, 0.6) is 5.75 Å². The lowest BCUT2D eigenvalue weighted by molar-refractivity contribution is -0.120. The first-order valence-electron chi connectivity index (χ1n) is 9.13. The number of carbonyl (C=O) groups is 1. The van der Waals surface area contributed by atoms with E-state index in [0.717, 1.165) is 36.5 Å². The lowest BCUT2D eigenvalue weighted by Crippen LogP contribution is -2.34. The molecule has 2 aromatic heterocycles. The summed E-state index contributed by atoms with van der Waals surface area (Å²) in [7, 11) is 0. The van der Waals surface area contributed by atoms with Crippen molar-refractivity contribution in [3.05, 3.63) is 52.5 Å². The van der Waals surface area contributed by atoms with E-state index in [1.165, 1.54) is 11.3 Å². The number of hydrogen-bond donors (Lipinski definition) is 2. The van der Waals surface area contributed by atoms with E-state index in [9.17, 15) is 4.79 Å². The SMILES string of the molecule is O=C(Nc1cccc(OCc2cc(-c3ccc(Cl)s3)on2)c1)C1CCNCC1. The zero-order chi connectivity index (χ0) is 19.3. The Bertz CT molecular complexity index is 950. The second kappa shape index (κ2) is 8.77. The van der Waals surface area contributed by atoms with Crippen LogP contribution in [0.3, 0.4) is 0 Å². The van der Waals surface area contributed by atoms with Crippen LogP contribution in [0.25, 0.3) is 10.6 Å². The monoisotopic (exact) mass is 417 g/mol. The molecule has 1 aliphatic heterocycles. The second-order valence-electron chi connectivity index (χ2n) is 6.62. The Kier molecular flexibility index (Phi) is 5.95. The molecule has 0 bridgehead atoms. The van der Waals surface area contributed by atoms with Gasteiger partial charge in [-0.3, -0.25) is 4.79 Å². The van der Waals surface area contributed by atoms with E-state index < -0.39 is 0 Å². The molecule has 0 aliphatic carbocycles. The third-order valence-corrected chi connectivity index (χ3v) is 5.82. The molecular formula is C20H20ClN3O3S. The van der Waals surface area contributed by atoms with Crippen molar-refractivity contribution < 1.29 is 14.1 Å². The molecule has 3 heterocycles. The third-order valence-electron chi connectivity index (χ3n) is 4.57. The Morgan fingerprint density at radius 3 is 2.93 bits per heavy atom. The molecule has 1 fully saturated rings. The summed E-state index contributed by atoms with van der Waals surface area (Å²) in [6.07, 6.45) is 1.73. The molecule has 3 aromatic rings. The van der Waals surface area contributed by atoms with E-state index >= 15 is 0 Å². The molecule has 8 heteroatoms. The van der Waals surface area contributed by atoms with Crippen LogP contribution in [-0.4, -0.2) is 24.2 Å². The van der Waals surface area contributed by atoms with Crippen molar-refractivity contribution in [2.24, 2.45) is 5.92 Å². The maximum Gasteiger partial charge on any atom is 0.227 e. The molecule has 0 radical (unpaired) electrons. The first-order chi connectivity index (χ1) is 13.7. The van der Waals surface area contributed by atoms with Crippen molar-refractivity contribution in [3.63, 3.8) is 0 Å². The fourth-order valence-corrected chi connectivity index (χ4v) is 4.08. The Labute approximate surface area is 171 Å². The van der Waals surface area contributed by atoms with E-state index in [1.807, 2.05) is 42.5 Å². The fraction of sp³-hybridized carbons (Fsp3) is 0.300. The van der Waals surface area contributed by atoms with Crippen LogP contribution < -0.4 is 15.4 Å². The molecule has 0 atom stereocenters. The number of aromatic nitrogens is 1. The molecular weight excluding hydrogens is 398 g/mol. The van der Waals surface area contributed by atoms with E-state index in [2.05, 4.69) is 15.8 Å². The summed E-state index contributed by atoms with van der Waals surface area (Å²) >= 11 is 7.39. The number of rotatable bonds is 6. The van der Waals surface area contributed by atoms with Gasteiger partial charge in [0.25, 0.3) is 0 Å². The van der Waals surface area contributed by atoms with Gasteiger partial charge in [-0.2, -0.15) is 0 Å². The average molecular weight is 418 g/mol. The lowest BCUT2D eigenvalue weighted by atomic mass is 9.97. The number of amides is 1. The van der Waals surface area contributed by atoms with Gasteiger partial charge in [-0.1, -0.05) is 22.8 Å². The van der Waals surface area contributed by atoms with Crippen LogP contribution in [0.4, 0.5) is 5.69 Å². The number of ether oxygens (including phenoxy) is 1. The predicted molar refractivity (Wildman–Crippen MR) is 110 cm³/mol. The lowest BCUT2D eigenvalue weighted by Gasteiger charge is -2.21. The normalized spacial score (nSPS) is 14.8. The number of carbonyl (C=O) groups excluding carboxylic acids is 1. The largest absolute Gasteiger partial charge is 0.487 e. The highest BCUT2D eigenvalue weighted by Crippen LogP contribution is 2.31. The van der Waals surface area contributed by atoms with Gasteiger partial charge in [0.15, 0.2) is 5.76 Å². The maximum absolute atomic E-state index is 12.4. The summed E-state index contributed by atoms with van der Waals surface area (Å²) in [5.74, 6) is 1.45. The van der Waals surface area contributed by atoms with E-state index in [-0.39, 0.29) is 18.4 Å². The van der Waals surface area contributed by atoms with Gasteiger partial charge in [-0.05, 0) is 50.2 Å². The highest BCUT2D eigenvalue weighted by molar-refractivity contribution is 7.19. The standard InChI is InChI=1S/C20H20ClN3O3S/c21-19-5-4-18(28-19)17-11-15(24-27-17)12-26-16-3-1-2-14(10-16)23-20(25)13-6-8-22-9-7-13/h1-5,10-11,13,22H,6-9,12H2,(H,23,25). The Balaban J connectivity index is 1.34. The van der Waals surface area contributed by atoms with Crippen molar-refractivity contribution in [1.29, 1.82) is 0 Å². The Hall–Kier alpha value is -2.35. The van der Waals surface area contributed by atoms with Crippen LogP contribution in [0.2, 0.25) is 4.34 Å². The van der Waals surface area contributed by atoms with E-state index in [1.54, 1.807) is 0 Å². The molecule has 2 N–H and O–H groups in total. The Morgan fingerprint density at radius 1 is 1.29 bits per heavy atom. The summed E-state index contributed by atoms with van der Waals surface area (Å²) in [5.41, 5.74) is 1.42. The van der Waals surface area contributed by atoms with Gasteiger partial charge in [0, 0.05) is 23.7 Å². The number of anilines is 1. The maximum atomic E-state index is 12.4. The quantitative estimate of drug-likeness (QED) is 0.614. The van der Waals surface area contributed by atoms with Crippen LogP contribution >= 0.6 is 22.9 Å². The minimum atomic E-state index is 0.0603. The smallest absolute Gasteiger partial charge is 0.227 e. The molecule has 0 unspecified atom stereocenters. The molecule has 4 rings (SSSR count). The number of hydrogen-bond acceptors (Lipinski definition) is 6. The Morgan fingerprint density at radius 2 is 2.14 bits per heavy atom. The molecule has 1 aromatic carbocycles. The van der Waals surface area contributed by atoms with Crippen LogP contribution in [0.1, 0.15) is 18.5 Å². The fourth-order valence-electron chi connectivity index (χ4n) is 3.09. The summed E-state index contributed by atoms with van der Waals surface area (Å²) in [6.45, 7) is 2.05. The summed E-state index contributed by atoms with van der Waals surface area (Å²) in [6, 6.07) is 12.9. The zero-order valence-corrected chi connectivity index (χ0v) is 16.7. The molecule has 1 aliphatic rings. The molecule has 6 nitrogen and oxygen atoms in total. The molecule has 0 saturated carbocycles. The number of halogens is 1. The van der Waals surface area contributed by atoms with Gasteiger partial charge in [0.1, 0.15) is 18.1 Å². The highest BCUT2D eigenvalue weighted by atomic mass is 35.5. The number of thiophene rings is 1. The zero-order valence-electron chi connectivity index (χ0n) is 15.1. The van der Waals surface area contributed by atoms with Crippen molar-refractivity contribution in [2.75, 3.05) is 18.4 Å². The van der Waals surface area contributed by atoms with Crippen LogP contribution in [-0.2, 0) is 11.4 Å². The molecule has 28 heavy (non-hydrogen) atoms. The summed E-state index contributed by atoms with van der Waals surface area (Å²) in [5, 5.41) is 10.3. The minimum absolute atomic E-state index is 0.0603. The number of nitrogens with one attached hydrogen (secondary N) is 2. The van der Waals surface area contributed by atoms with Gasteiger partial charge in [0.05, 0.1) is 9.21 Å². The second-order valence-corrected chi connectivity index (χ2v) is 8.33. The molecule has 1 amide bonds. The molecule has 0 spiro atoms. The average Bonchev–Trinajstić information content (AvgIpc) is 3.36. The van der Waals surface area contributed by atoms with Crippen molar-refractivity contribution in [2.45, 2.75) is 19.4 Å². The topological polar surface area (TPSA) is 76.4 Å². The third kappa shape index (κ3) is 4.73. The van der Waals surface area contributed by atoms with Gasteiger partial charge in [0.2, 0.25) is 5.91 Å². The summed E-state index contributed by atoms with van der Waals surface area (Å²) in [4.78, 5) is 13.3. The molecule has 1 saturated heterocycles. The number of nitrogens with zero attached hydrogens (tertiary/aromatic N) is 1. The van der Waals surface area contributed by atoms with E-state index in [0.29, 0.717) is 21.5 Å². The predicted octanol–water partition coefficient (Wildman–Crippen LogP) is 4.57. The number of benzene rings is 1. The molecule has 146 valence electrons. The van der Waals surface area contributed by atoms with Crippen molar-refractivity contribution in [1.82, 2.24) is 10.5 Å².